The molecule has 0 spiro atoms. The number of rotatable bonds is 6. The summed E-state index contributed by atoms with van der Waals surface area (Å²) < 4.78 is 1.71. The highest BCUT2D eigenvalue weighted by atomic mass is 16.4. The number of carbonyl (C=O) groups is 2. The highest BCUT2D eigenvalue weighted by Crippen LogP contribution is 2.12. The Morgan fingerprint density at radius 3 is 2.68 bits per heavy atom. The first-order valence-corrected chi connectivity index (χ1v) is 6.06. The minimum Gasteiger partial charge on any atom is -0.481 e. The van der Waals surface area contributed by atoms with Crippen molar-refractivity contribution in [2.45, 2.75) is 33.4 Å². The largest absolute Gasteiger partial charge is 0.481 e. The van der Waals surface area contributed by atoms with Gasteiger partial charge < -0.3 is 15.7 Å². The Balaban J connectivity index is 2.33. The summed E-state index contributed by atoms with van der Waals surface area (Å²) >= 11 is 0. The lowest BCUT2D eigenvalue weighted by Crippen LogP contribution is -2.47. The van der Waals surface area contributed by atoms with E-state index < -0.39 is 11.4 Å². The van der Waals surface area contributed by atoms with Gasteiger partial charge >= 0.3 is 12.0 Å². The van der Waals surface area contributed by atoms with Crippen molar-refractivity contribution in [1.82, 2.24) is 20.4 Å². The first-order valence-electron chi connectivity index (χ1n) is 6.06. The van der Waals surface area contributed by atoms with E-state index in [0.717, 1.165) is 0 Å². The van der Waals surface area contributed by atoms with Crippen LogP contribution < -0.4 is 10.6 Å². The lowest BCUT2D eigenvalue weighted by molar-refractivity contribution is -0.146. The van der Waals surface area contributed by atoms with Gasteiger partial charge in [0.05, 0.1) is 12.0 Å². The van der Waals surface area contributed by atoms with Gasteiger partial charge in [-0.25, -0.2) is 4.79 Å². The van der Waals surface area contributed by atoms with Crippen molar-refractivity contribution in [3.8, 4) is 0 Å². The zero-order valence-electron chi connectivity index (χ0n) is 11.4. The molecule has 1 atom stereocenters. The van der Waals surface area contributed by atoms with Crippen molar-refractivity contribution in [2.75, 3.05) is 6.54 Å². The summed E-state index contributed by atoms with van der Waals surface area (Å²) in [7, 11) is 0. The summed E-state index contributed by atoms with van der Waals surface area (Å²) in [6.07, 6.45) is 3.48. The third kappa shape index (κ3) is 4.99. The molecule has 106 valence electrons. The molecule has 0 aromatic carbocycles. The summed E-state index contributed by atoms with van der Waals surface area (Å²) in [6, 6.07) is 1.32. The Bertz CT molecular complexity index is 428. The number of urea groups is 1. The Morgan fingerprint density at radius 2 is 2.16 bits per heavy atom. The molecule has 0 radical (unpaired) electrons. The maximum absolute atomic E-state index is 11.6. The van der Waals surface area contributed by atoms with Crippen LogP contribution in [0.1, 0.15) is 20.8 Å². The average molecular weight is 268 g/mol. The quantitative estimate of drug-likeness (QED) is 0.707. The summed E-state index contributed by atoms with van der Waals surface area (Å²) in [6.45, 7) is 5.60. The molecular formula is C12H20N4O3. The van der Waals surface area contributed by atoms with Gasteiger partial charge in [-0.05, 0) is 26.8 Å². The topological polar surface area (TPSA) is 96.3 Å². The molecule has 3 N–H and O–H groups in total. The fourth-order valence-corrected chi connectivity index (χ4v) is 1.39. The van der Waals surface area contributed by atoms with Crippen LogP contribution in [0, 0.1) is 5.41 Å². The van der Waals surface area contributed by atoms with Crippen LogP contribution in [0.4, 0.5) is 4.79 Å². The average Bonchev–Trinajstić information content (AvgIpc) is 2.78. The number of amides is 2. The van der Waals surface area contributed by atoms with Crippen molar-refractivity contribution in [2.24, 2.45) is 5.41 Å². The lowest BCUT2D eigenvalue weighted by Gasteiger charge is -2.21. The van der Waals surface area contributed by atoms with Crippen LogP contribution in [-0.2, 0) is 11.3 Å². The van der Waals surface area contributed by atoms with Gasteiger partial charge in [0.1, 0.15) is 0 Å². The molecule has 1 unspecified atom stereocenters. The number of nitrogens with one attached hydrogen (secondary N) is 2. The van der Waals surface area contributed by atoms with E-state index in [2.05, 4.69) is 15.7 Å². The maximum Gasteiger partial charge on any atom is 0.315 e. The maximum atomic E-state index is 11.6. The zero-order chi connectivity index (χ0) is 14.5. The van der Waals surface area contributed by atoms with Crippen LogP contribution >= 0.6 is 0 Å². The van der Waals surface area contributed by atoms with Gasteiger partial charge in [0, 0.05) is 25.0 Å². The standard InChI is InChI=1S/C12H20N4O3/c1-9(7-16-6-4-5-14-16)15-11(19)13-8-12(2,3)10(17)18/h4-6,9H,7-8H2,1-3H3,(H,17,18)(H2,13,15,19). The molecule has 1 heterocycles. The van der Waals surface area contributed by atoms with Gasteiger partial charge in [-0.3, -0.25) is 9.48 Å². The van der Waals surface area contributed by atoms with Crippen LogP contribution in [0.5, 0.6) is 0 Å². The van der Waals surface area contributed by atoms with Crippen LogP contribution in [0.2, 0.25) is 0 Å². The summed E-state index contributed by atoms with van der Waals surface area (Å²) in [4.78, 5) is 22.5. The van der Waals surface area contributed by atoms with Crippen LogP contribution in [0.25, 0.3) is 0 Å². The van der Waals surface area contributed by atoms with E-state index in [1.165, 1.54) is 0 Å². The highest BCUT2D eigenvalue weighted by Gasteiger charge is 2.27. The van der Waals surface area contributed by atoms with E-state index in [9.17, 15) is 9.59 Å². The molecular weight excluding hydrogens is 248 g/mol. The van der Waals surface area contributed by atoms with Crippen molar-refractivity contribution in [3.05, 3.63) is 18.5 Å². The lowest BCUT2D eigenvalue weighted by atomic mass is 9.94. The van der Waals surface area contributed by atoms with Crippen molar-refractivity contribution in [3.63, 3.8) is 0 Å². The number of carbonyl (C=O) groups excluding carboxylic acids is 1. The van der Waals surface area contributed by atoms with Gasteiger partial charge in [0.2, 0.25) is 0 Å². The molecule has 1 aromatic rings. The fourth-order valence-electron chi connectivity index (χ4n) is 1.39. The second-order valence-electron chi connectivity index (χ2n) is 5.15. The molecule has 19 heavy (non-hydrogen) atoms. The summed E-state index contributed by atoms with van der Waals surface area (Å²) in [5, 5.41) is 18.2. The van der Waals surface area contributed by atoms with Crippen molar-refractivity contribution < 1.29 is 14.7 Å². The number of carboxylic acids is 1. The first kappa shape index (κ1) is 15.0. The highest BCUT2D eigenvalue weighted by molar-refractivity contribution is 5.77. The number of carboxylic acid groups (broad SMARTS) is 1. The molecule has 0 bridgehead atoms. The molecule has 0 aliphatic heterocycles. The SMILES string of the molecule is CC(Cn1cccn1)NC(=O)NCC(C)(C)C(=O)O. The van der Waals surface area contributed by atoms with Gasteiger partial charge in [0.25, 0.3) is 0 Å². The third-order valence-electron chi connectivity index (χ3n) is 2.67. The van der Waals surface area contributed by atoms with Gasteiger partial charge in [0.15, 0.2) is 0 Å². The van der Waals surface area contributed by atoms with Crippen LogP contribution in [0.15, 0.2) is 18.5 Å². The summed E-state index contributed by atoms with van der Waals surface area (Å²) in [5.41, 5.74) is -0.984. The molecule has 0 aliphatic rings. The van der Waals surface area contributed by atoms with E-state index >= 15 is 0 Å². The van der Waals surface area contributed by atoms with E-state index in [0.29, 0.717) is 6.54 Å². The van der Waals surface area contributed by atoms with Crippen LogP contribution in [0.3, 0.4) is 0 Å². The number of hydrogen-bond acceptors (Lipinski definition) is 3. The molecule has 0 saturated carbocycles. The second-order valence-corrected chi connectivity index (χ2v) is 5.15. The third-order valence-corrected chi connectivity index (χ3v) is 2.67. The van der Waals surface area contributed by atoms with Gasteiger partial charge in [-0.1, -0.05) is 0 Å². The van der Waals surface area contributed by atoms with Gasteiger partial charge in [-0.15, -0.1) is 0 Å². The molecule has 1 aromatic heterocycles. The zero-order valence-corrected chi connectivity index (χ0v) is 11.4. The molecule has 0 fully saturated rings. The molecule has 2 amide bonds. The summed E-state index contributed by atoms with van der Waals surface area (Å²) in [5.74, 6) is -0.947. The first-order chi connectivity index (χ1) is 8.81. The monoisotopic (exact) mass is 268 g/mol. The van der Waals surface area contributed by atoms with E-state index in [1.807, 2.05) is 19.2 Å². The van der Waals surface area contributed by atoms with Crippen LogP contribution in [-0.4, -0.2) is 39.5 Å². The minimum absolute atomic E-state index is 0.0721. The molecule has 0 saturated heterocycles. The Morgan fingerprint density at radius 1 is 1.47 bits per heavy atom. The number of hydrogen-bond donors (Lipinski definition) is 3. The molecule has 7 heteroatoms. The van der Waals surface area contributed by atoms with Crippen molar-refractivity contribution >= 4 is 12.0 Å². The Kier molecular flexibility index (Phi) is 4.91. The predicted molar refractivity (Wildman–Crippen MR) is 69.6 cm³/mol. The van der Waals surface area contributed by atoms with Crippen molar-refractivity contribution in [1.29, 1.82) is 0 Å². The normalized spacial score (nSPS) is 12.8. The molecule has 1 rings (SSSR count). The Labute approximate surface area is 112 Å². The van der Waals surface area contributed by atoms with E-state index in [-0.39, 0.29) is 18.6 Å². The minimum atomic E-state index is -0.984. The molecule has 7 nitrogen and oxygen atoms in total. The number of aromatic nitrogens is 2. The molecule has 0 aliphatic carbocycles. The predicted octanol–water partition coefficient (Wildman–Crippen LogP) is 0.682. The Hall–Kier alpha value is -2.05. The van der Waals surface area contributed by atoms with E-state index in [4.69, 9.17) is 5.11 Å². The fraction of sp³-hybridized carbons (Fsp3) is 0.583. The number of nitrogens with zero attached hydrogens (tertiary/aromatic N) is 2. The number of aliphatic carboxylic acids is 1. The van der Waals surface area contributed by atoms with Gasteiger partial charge in [-0.2, -0.15) is 5.10 Å². The van der Waals surface area contributed by atoms with E-state index in [1.54, 1.807) is 24.7 Å². The second kappa shape index (κ2) is 6.21. The smallest absolute Gasteiger partial charge is 0.315 e.